The molecular weight excluding hydrogens is 216 g/mol. The van der Waals surface area contributed by atoms with Gasteiger partial charge in [-0.25, -0.2) is 4.98 Å². The van der Waals surface area contributed by atoms with Crippen molar-refractivity contribution < 1.29 is 0 Å². The van der Waals surface area contributed by atoms with E-state index >= 15 is 0 Å². The predicted molar refractivity (Wildman–Crippen MR) is 69.8 cm³/mol. The van der Waals surface area contributed by atoms with Crippen molar-refractivity contribution in [1.82, 2.24) is 4.98 Å². The highest BCUT2D eigenvalue weighted by Crippen LogP contribution is 2.38. The topological polar surface area (TPSA) is 38.9 Å². The van der Waals surface area contributed by atoms with Crippen LogP contribution in [0.3, 0.4) is 0 Å². The minimum Gasteiger partial charge on any atom is -0.330 e. The number of rotatable bonds is 3. The predicted octanol–water partition coefficient (Wildman–Crippen LogP) is 3.32. The quantitative estimate of drug-likeness (QED) is 0.877. The minimum absolute atomic E-state index is 0.506. The lowest BCUT2D eigenvalue weighted by atomic mass is 9.76. The second-order valence-electron chi connectivity index (χ2n) is 5.19. The van der Waals surface area contributed by atoms with Gasteiger partial charge in [0.2, 0.25) is 0 Å². The van der Waals surface area contributed by atoms with Gasteiger partial charge in [0.15, 0.2) is 0 Å². The fourth-order valence-electron chi connectivity index (χ4n) is 2.73. The number of thiazole rings is 1. The Morgan fingerprint density at radius 2 is 2.12 bits per heavy atom. The van der Waals surface area contributed by atoms with Gasteiger partial charge in [-0.3, -0.25) is 0 Å². The Morgan fingerprint density at radius 3 is 2.62 bits per heavy atom. The van der Waals surface area contributed by atoms with Gasteiger partial charge in [0.1, 0.15) is 0 Å². The van der Waals surface area contributed by atoms with Gasteiger partial charge >= 0.3 is 0 Å². The Hall–Kier alpha value is -0.410. The molecule has 90 valence electrons. The van der Waals surface area contributed by atoms with Crippen molar-refractivity contribution in [1.29, 1.82) is 0 Å². The zero-order valence-corrected chi connectivity index (χ0v) is 11.1. The van der Waals surface area contributed by atoms with Crippen LogP contribution in [0.4, 0.5) is 0 Å². The molecule has 0 amide bonds. The summed E-state index contributed by atoms with van der Waals surface area (Å²) < 4.78 is 0. The van der Waals surface area contributed by atoms with Crippen molar-refractivity contribution in [3.8, 4) is 0 Å². The maximum atomic E-state index is 5.95. The second-order valence-corrected chi connectivity index (χ2v) is 6.08. The number of aryl methyl sites for hydroxylation is 1. The Labute approximate surface area is 102 Å². The number of hydrogen-bond acceptors (Lipinski definition) is 3. The molecule has 1 aliphatic carbocycles. The summed E-state index contributed by atoms with van der Waals surface area (Å²) in [7, 11) is 0. The molecule has 0 bridgehead atoms. The largest absolute Gasteiger partial charge is 0.330 e. The first kappa shape index (κ1) is 12.1. The average Bonchev–Trinajstić information content (AvgIpc) is 2.69. The van der Waals surface area contributed by atoms with Gasteiger partial charge in [-0.15, -0.1) is 11.3 Å². The van der Waals surface area contributed by atoms with Gasteiger partial charge in [-0.05, 0) is 31.6 Å². The molecule has 1 unspecified atom stereocenters. The number of nitrogens with two attached hydrogens (primary N) is 1. The molecule has 2 nitrogen and oxygen atoms in total. The molecule has 0 spiro atoms. The van der Waals surface area contributed by atoms with E-state index in [0.717, 1.165) is 24.1 Å². The summed E-state index contributed by atoms with van der Waals surface area (Å²) in [5.41, 5.74) is 7.09. The fourth-order valence-corrected chi connectivity index (χ4v) is 3.73. The molecule has 1 aliphatic rings. The number of hydrogen-bond donors (Lipinski definition) is 1. The van der Waals surface area contributed by atoms with Crippen LogP contribution in [0.15, 0.2) is 5.38 Å². The fraction of sp³-hybridized carbons (Fsp3) is 0.769. The van der Waals surface area contributed by atoms with E-state index in [0.29, 0.717) is 5.92 Å². The molecule has 0 saturated heterocycles. The molecule has 2 rings (SSSR count). The molecule has 3 heteroatoms. The maximum Gasteiger partial charge on any atom is 0.0974 e. The molecule has 16 heavy (non-hydrogen) atoms. The maximum absolute atomic E-state index is 5.95. The zero-order valence-electron chi connectivity index (χ0n) is 10.3. The highest BCUT2D eigenvalue weighted by Gasteiger charge is 2.27. The Kier molecular flexibility index (Phi) is 3.98. The van der Waals surface area contributed by atoms with Crippen LogP contribution < -0.4 is 5.73 Å². The minimum atomic E-state index is 0.506. The molecule has 0 aromatic carbocycles. The lowest BCUT2D eigenvalue weighted by Gasteiger charge is -2.31. The number of aromatic nitrogens is 1. The van der Waals surface area contributed by atoms with Crippen LogP contribution in [-0.2, 0) is 0 Å². The third kappa shape index (κ3) is 2.64. The Balaban J connectivity index is 2.05. The van der Waals surface area contributed by atoms with E-state index in [1.807, 2.05) is 0 Å². The van der Waals surface area contributed by atoms with Gasteiger partial charge < -0.3 is 5.73 Å². The van der Waals surface area contributed by atoms with Crippen LogP contribution in [0.1, 0.15) is 49.2 Å². The Bertz CT molecular complexity index is 326. The van der Waals surface area contributed by atoms with Crippen molar-refractivity contribution >= 4 is 11.3 Å². The molecular formula is C13H22N2S. The van der Waals surface area contributed by atoms with E-state index in [4.69, 9.17) is 5.73 Å². The summed E-state index contributed by atoms with van der Waals surface area (Å²) in [5, 5.41) is 3.41. The molecule has 1 atom stereocenters. The molecule has 1 aromatic heterocycles. The van der Waals surface area contributed by atoms with Crippen molar-refractivity contribution in [2.45, 2.75) is 45.4 Å². The smallest absolute Gasteiger partial charge is 0.0974 e. The van der Waals surface area contributed by atoms with Crippen LogP contribution >= 0.6 is 11.3 Å². The molecule has 1 heterocycles. The third-order valence-electron chi connectivity index (χ3n) is 3.84. The monoisotopic (exact) mass is 238 g/mol. The molecule has 1 fully saturated rings. The first-order valence-electron chi connectivity index (χ1n) is 6.32. The Morgan fingerprint density at radius 1 is 1.44 bits per heavy atom. The van der Waals surface area contributed by atoms with Gasteiger partial charge in [-0.2, -0.15) is 0 Å². The van der Waals surface area contributed by atoms with Crippen LogP contribution in [0.25, 0.3) is 0 Å². The summed E-state index contributed by atoms with van der Waals surface area (Å²) >= 11 is 1.79. The third-order valence-corrected chi connectivity index (χ3v) is 4.93. The summed E-state index contributed by atoms with van der Waals surface area (Å²) in [4.78, 5) is 4.61. The van der Waals surface area contributed by atoms with Crippen LogP contribution in [-0.4, -0.2) is 11.5 Å². The SMILES string of the molecule is Cc1csc(C(CN)C2CCC(C)CC2)n1. The first-order valence-corrected chi connectivity index (χ1v) is 7.20. The summed E-state index contributed by atoms with van der Waals surface area (Å²) in [6.45, 7) is 5.18. The summed E-state index contributed by atoms with van der Waals surface area (Å²) in [6.07, 6.45) is 5.40. The summed E-state index contributed by atoms with van der Waals surface area (Å²) in [5.74, 6) is 2.19. The van der Waals surface area contributed by atoms with Gasteiger partial charge in [0, 0.05) is 23.5 Å². The molecule has 1 aromatic rings. The van der Waals surface area contributed by atoms with Crippen molar-refractivity contribution in [3.63, 3.8) is 0 Å². The lowest BCUT2D eigenvalue weighted by Crippen LogP contribution is -2.25. The van der Waals surface area contributed by atoms with E-state index in [9.17, 15) is 0 Å². The van der Waals surface area contributed by atoms with E-state index < -0.39 is 0 Å². The van der Waals surface area contributed by atoms with Gasteiger partial charge in [0.25, 0.3) is 0 Å². The molecule has 2 N–H and O–H groups in total. The normalized spacial score (nSPS) is 27.9. The lowest BCUT2D eigenvalue weighted by molar-refractivity contribution is 0.255. The average molecular weight is 238 g/mol. The van der Waals surface area contributed by atoms with Crippen LogP contribution in [0.5, 0.6) is 0 Å². The standard InChI is InChI=1S/C13H22N2S/c1-9-3-5-11(6-4-9)12(7-14)13-15-10(2)8-16-13/h8-9,11-12H,3-7,14H2,1-2H3. The zero-order chi connectivity index (χ0) is 11.5. The molecule has 0 radical (unpaired) electrons. The molecule has 0 aliphatic heterocycles. The van der Waals surface area contributed by atoms with E-state index in [1.54, 1.807) is 11.3 Å². The van der Waals surface area contributed by atoms with Crippen LogP contribution in [0.2, 0.25) is 0 Å². The number of nitrogens with zero attached hydrogens (tertiary/aromatic N) is 1. The van der Waals surface area contributed by atoms with Gasteiger partial charge in [-0.1, -0.05) is 19.8 Å². The van der Waals surface area contributed by atoms with E-state index in [-0.39, 0.29) is 0 Å². The molecule has 1 saturated carbocycles. The highest BCUT2D eigenvalue weighted by atomic mass is 32.1. The first-order chi connectivity index (χ1) is 7.70. The highest BCUT2D eigenvalue weighted by molar-refractivity contribution is 7.09. The van der Waals surface area contributed by atoms with E-state index in [2.05, 4.69) is 24.2 Å². The van der Waals surface area contributed by atoms with Gasteiger partial charge in [0.05, 0.1) is 5.01 Å². The van der Waals surface area contributed by atoms with Crippen molar-refractivity contribution in [2.24, 2.45) is 17.6 Å². The van der Waals surface area contributed by atoms with Crippen molar-refractivity contribution in [2.75, 3.05) is 6.54 Å². The van der Waals surface area contributed by atoms with E-state index in [1.165, 1.54) is 30.7 Å². The van der Waals surface area contributed by atoms with Crippen LogP contribution in [0, 0.1) is 18.8 Å². The second kappa shape index (κ2) is 5.28. The summed E-state index contributed by atoms with van der Waals surface area (Å²) in [6, 6.07) is 0. The van der Waals surface area contributed by atoms with Crippen molar-refractivity contribution in [3.05, 3.63) is 16.1 Å².